The van der Waals surface area contributed by atoms with Gasteiger partial charge in [0.15, 0.2) is 0 Å². The molecule has 6 heteroatoms. The molecule has 0 fully saturated rings. The van der Waals surface area contributed by atoms with Crippen molar-refractivity contribution in [3.63, 3.8) is 0 Å². The smallest absolute Gasteiger partial charge is 0.282 e. The van der Waals surface area contributed by atoms with Crippen LogP contribution in [0.15, 0.2) is 33.8 Å². The summed E-state index contributed by atoms with van der Waals surface area (Å²) in [6, 6.07) is 9.02. The van der Waals surface area contributed by atoms with E-state index in [2.05, 4.69) is 31.8 Å². The van der Waals surface area contributed by atoms with Crippen molar-refractivity contribution < 1.29 is 4.79 Å². The van der Waals surface area contributed by atoms with Crippen LogP contribution < -0.4 is 10.7 Å². The van der Waals surface area contributed by atoms with Crippen molar-refractivity contribution in [2.45, 2.75) is 6.92 Å². The molecule has 0 heterocycles. The Morgan fingerprint density at radius 3 is 2.82 bits per heavy atom. The molecule has 1 aromatic rings. The van der Waals surface area contributed by atoms with E-state index in [0.717, 1.165) is 4.47 Å². The zero-order valence-electron chi connectivity index (χ0n) is 9.20. The number of para-hydroxylation sites is 1. The number of hydrazone groups is 1. The van der Waals surface area contributed by atoms with Gasteiger partial charge < -0.3 is 5.32 Å². The summed E-state index contributed by atoms with van der Waals surface area (Å²) in [4.78, 5) is 11.4. The molecule has 88 valence electrons. The highest BCUT2D eigenvalue weighted by Gasteiger charge is 2.09. The second-order valence-electron chi connectivity index (χ2n) is 3.02. The van der Waals surface area contributed by atoms with Gasteiger partial charge in [0, 0.05) is 11.0 Å². The molecule has 0 atom stereocenters. The lowest BCUT2D eigenvalue weighted by Gasteiger charge is -2.03. The first-order chi connectivity index (χ1) is 8.19. The molecule has 0 saturated heterocycles. The number of benzene rings is 1. The van der Waals surface area contributed by atoms with Gasteiger partial charge in [-0.05, 0) is 35.0 Å². The first-order valence-electron chi connectivity index (χ1n) is 4.95. The van der Waals surface area contributed by atoms with Crippen molar-refractivity contribution in [2.24, 2.45) is 5.10 Å². The van der Waals surface area contributed by atoms with Crippen LogP contribution in [-0.4, -0.2) is 18.2 Å². The van der Waals surface area contributed by atoms with E-state index >= 15 is 0 Å². The maximum Gasteiger partial charge on any atom is 0.282 e. The zero-order valence-corrected chi connectivity index (χ0v) is 10.8. The van der Waals surface area contributed by atoms with Gasteiger partial charge in [-0.3, -0.25) is 10.2 Å². The molecule has 0 radical (unpaired) electrons. The summed E-state index contributed by atoms with van der Waals surface area (Å²) in [5.74, 6) is -0.491. The normalized spacial score (nSPS) is 10.5. The van der Waals surface area contributed by atoms with E-state index in [4.69, 9.17) is 5.26 Å². The summed E-state index contributed by atoms with van der Waals surface area (Å²) in [5.41, 5.74) is 3.14. The number of nitrogens with zero attached hydrogens (tertiary/aromatic N) is 2. The van der Waals surface area contributed by atoms with E-state index in [1.165, 1.54) is 0 Å². The van der Waals surface area contributed by atoms with E-state index in [1.807, 2.05) is 18.2 Å². The molecule has 1 rings (SSSR count). The van der Waals surface area contributed by atoms with Crippen molar-refractivity contribution in [1.29, 1.82) is 5.26 Å². The van der Waals surface area contributed by atoms with Gasteiger partial charge >= 0.3 is 0 Å². The fourth-order valence-corrected chi connectivity index (χ4v) is 1.41. The summed E-state index contributed by atoms with van der Waals surface area (Å²) < 4.78 is 0.803. The van der Waals surface area contributed by atoms with Crippen LogP contribution >= 0.6 is 15.9 Å². The monoisotopic (exact) mass is 294 g/mol. The minimum atomic E-state index is -0.491. The van der Waals surface area contributed by atoms with Crippen LogP contribution in [0.3, 0.4) is 0 Å². The highest BCUT2D eigenvalue weighted by Crippen LogP contribution is 2.20. The molecule has 5 nitrogen and oxygen atoms in total. The molecular formula is C11H11BrN4O. The molecule has 17 heavy (non-hydrogen) atoms. The van der Waals surface area contributed by atoms with E-state index in [0.29, 0.717) is 12.2 Å². The third-order valence-corrected chi connectivity index (χ3v) is 2.51. The summed E-state index contributed by atoms with van der Waals surface area (Å²) in [7, 11) is 0. The second kappa shape index (κ2) is 6.66. The first kappa shape index (κ1) is 13.2. The lowest BCUT2D eigenvalue weighted by Crippen LogP contribution is -2.30. The van der Waals surface area contributed by atoms with Crippen molar-refractivity contribution in [2.75, 3.05) is 12.0 Å². The molecule has 2 N–H and O–H groups in total. The van der Waals surface area contributed by atoms with E-state index in [-0.39, 0.29) is 5.71 Å². The number of amides is 1. The van der Waals surface area contributed by atoms with Crippen LogP contribution in [0, 0.1) is 11.3 Å². The van der Waals surface area contributed by atoms with Gasteiger partial charge in [-0.25, -0.2) is 0 Å². The van der Waals surface area contributed by atoms with Crippen LogP contribution in [0.5, 0.6) is 0 Å². The van der Waals surface area contributed by atoms with Gasteiger partial charge in [0.2, 0.25) is 5.71 Å². The predicted molar refractivity (Wildman–Crippen MR) is 69.5 cm³/mol. The molecule has 1 aromatic carbocycles. The predicted octanol–water partition coefficient (Wildman–Crippen LogP) is 1.88. The number of carbonyl (C=O) groups is 1. The minimum absolute atomic E-state index is 0.206. The van der Waals surface area contributed by atoms with Crippen molar-refractivity contribution in [3.8, 4) is 6.07 Å². The highest BCUT2D eigenvalue weighted by molar-refractivity contribution is 9.10. The Morgan fingerprint density at radius 1 is 1.53 bits per heavy atom. The third-order valence-electron chi connectivity index (χ3n) is 1.82. The van der Waals surface area contributed by atoms with E-state index in [9.17, 15) is 4.79 Å². The number of halogens is 1. The number of rotatable bonds is 4. The van der Waals surface area contributed by atoms with Crippen LogP contribution in [0.4, 0.5) is 5.69 Å². The minimum Gasteiger partial charge on any atom is -0.350 e. The zero-order chi connectivity index (χ0) is 12.7. The van der Waals surface area contributed by atoms with Crippen LogP contribution in [0.2, 0.25) is 0 Å². The Bertz CT molecular complexity index is 479. The number of hydrogen-bond donors (Lipinski definition) is 2. The summed E-state index contributed by atoms with van der Waals surface area (Å²) in [5, 5.41) is 15.0. The number of carbonyl (C=O) groups excluding carboxylic acids is 1. The molecule has 1 amide bonds. The molecule has 0 saturated carbocycles. The number of nitriles is 1. The number of anilines is 1. The highest BCUT2D eigenvalue weighted by atomic mass is 79.9. The third kappa shape index (κ3) is 3.89. The Morgan fingerprint density at radius 2 is 2.24 bits per heavy atom. The molecule has 0 aliphatic heterocycles. The van der Waals surface area contributed by atoms with Gasteiger partial charge in [0.25, 0.3) is 5.91 Å². The molecule has 0 aromatic heterocycles. The Balaban J connectivity index is 2.79. The molecule has 0 spiro atoms. The average molecular weight is 295 g/mol. The molecule has 0 aliphatic rings. The molecular weight excluding hydrogens is 284 g/mol. The van der Waals surface area contributed by atoms with Crippen molar-refractivity contribution >= 4 is 33.2 Å². The van der Waals surface area contributed by atoms with Crippen LogP contribution in [-0.2, 0) is 4.79 Å². The Hall–Kier alpha value is -1.87. The maximum atomic E-state index is 11.4. The Labute approximate surface area is 108 Å². The van der Waals surface area contributed by atoms with Gasteiger partial charge in [0.05, 0.1) is 5.69 Å². The van der Waals surface area contributed by atoms with E-state index in [1.54, 1.807) is 19.1 Å². The van der Waals surface area contributed by atoms with Gasteiger partial charge in [-0.15, -0.1) is 0 Å². The van der Waals surface area contributed by atoms with Crippen molar-refractivity contribution in [1.82, 2.24) is 5.32 Å². The first-order valence-corrected chi connectivity index (χ1v) is 5.74. The fraction of sp³-hybridized carbons (Fsp3) is 0.182. The quantitative estimate of drug-likeness (QED) is 0.657. The lowest BCUT2D eigenvalue weighted by atomic mass is 10.3. The SMILES string of the molecule is CCNC(=O)/C(C#N)=N/Nc1ccccc1Br. The fourth-order valence-electron chi connectivity index (χ4n) is 1.04. The topological polar surface area (TPSA) is 77.3 Å². The van der Waals surface area contributed by atoms with Gasteiger partial charge in [-0.2, -0.15) is 10.4 Å². The van der Waals surface area contributed by atoms with Gasteiger partial charge in [-0.1, -0.05) is 12.1 Å². The van der Waals surface area contributed by atoms with Crippen LogP contribution in [0.25, 0.3) is 0 Å². The average Bonchev–Trinajstić information content (AvgIpc) is 2.32. The summed E-state index contributed by atoms with van der Waals surface area (Å²) in [6.45, 7) is 2.22. The number of hydrogen-bond acceptors (Lipinski definition) is 4. The number of nitrogens with one attached hydrogen (secondary N) is 2. The summed E-state index contributed by atoms with van der Waals surface area (Å²) in [6.07, 6.45) is 0. The van der Waals surface area contributed by atoms with Gasteiger partial charge in [0.1, 0.15) is 6.07 Å². The Kier molecular flexibility index (Phi) is 5.17. The molecule has 0 bridgehead atoms. The molecule has 0 aliphatic carbocycles. The standard InChI is InChI=1S/C11H11BrN4O/c1-2-14-11(17)10(7-13)16-15-9-6-4-3-5-8(9)12/h3-6,15H,2H2,1H3,(H,14,17)/b16-10+. The van der Waals surface area contributed by atoms with Crippen LogP contribution in [0.1, 0.15) is 6.92 Å². The lowest BCUT2D eigenvalue weighted by molar-refractivity contribution is -0.114. The largest absolute Gasteiger partial charge is 0.350 e. The van der Waals surface area contributed by atoms with E-state index < -0.39 is 5.91 Å². The maximum absolute atomic E-state index is 11.4. The summed E-state index contributed by atoms with van der Waals surface area (Å²) >= 11 is 3.32. The second-order valence-corrected chi connectivity index (χ2v) is 3.88. The molecule has 0 unspecified atom stereocenters. The van der Waals surface area contributed by atoms with Crippen molar-refractivity contribution in [3.05, 3.63) is 28.7 Å².